The number of primary amides is 1. The molecule has 9 heteroatoms. The Labute approximate surface area is 122 Å². The van der Waals surface area contributed by atoms with Gasteiger partial charge in [0.25, 0.3) is 5.91 Å². The summed E-state index contributed by atoms with van der Waals surface area (Å²) < 4.78 is 0.680. The van der Waals surface area contributed by atoms with E-state index in [9.17, 15) is 9.59 Å². The van der Waals surface area contributed by atoms with E-state index in [1.807, 2.05) is 0 Å². The number of carboxylic acids is 1. The van der Waals surface area contributed by atoms with Gasteiger partial charge in [0.2, 0.25) is 0 Å². The highest BCUT2D eigenvalue weighted by Gasteiger charge is 2.13. The molecule has 0 fully saturated rings. The Hall–Kier alpha value is -2.00. The standard InChI is InChI=1S/C11H10N4O3S2/c1-5-7(4-9(16)17)19-11(13-5)20-8-3-2-6(10(12)18)14-15-8/h2-3H,4H2,1H3,(H2,12,18)(H,16,17). The zero-order valence-corrected chi connectivity index (χ0v) is 12.0. The van der Waals surface area contributed by atoms with Gasteiger partial charge in [0, 0.05) is 4.88 Å². The predicted octanol–water partition coefficient (Wildman–Crippen LogP) is 1.12. The molecule has 0 radical (unpaired) electrons. The minimum absolute atomic E-state index is 0.0453. The molecule has 2 rings (SSSR count). The molecule has 0 aromatic carbocycles. The molecule has 2 aromatic heterocycles. The number of carbonyl (C=O) groups is 2. The number of rotatable bonds is 5. The Bertz CT molecular complexity index is 654. The van der Waals surface area contributed by atoms with Crippen molar-refractivity contribution >= 4 is 35.0 Å². The number of hydrogen-bond acceptors (Lipinski definition) is 7. The van der Waals surface area contributed by atoms with Crippen LogP contribution in [-0.2, 0) is 11.2 Å². The zero-order valence-electron chi connectivity index (χ0n) is 10.4. The first-order chi connectivity index (χ1) is 9.45. The van der Waals surface area contributed by atoms with Crippen LogP contribution in [0, 0.1) is 6.92 Å². The Morgan fingerprint density at radius 2 is 2.15 bits per heavy atom. The zero-order chi connectivity index (χ0) is 14.7. The molecule has 0 saturated heterocycles. The van der Waals surface area contributed by atoms with Crippen LogP contribution < -0.4 is 5.73 Å². The van der Waals surface area contributed by atoms with Crippen molar-refractivity contribution in [2.24, 2.45) is 5.73 Å². The minimum Gasteiger partial charge on any atom is -0.481 e. The number of amides is 1. The van der Waals surface area contributed by atoms with Crippen LogP contribution >= 0.6 is 23.1 Å². The molecule has 2 aromatic rings. The number of carbonyl (C=O) groups excluding carboxylic acids is 1. The molecule has 0 aliphatic heterocycles. The Kier molecular flexibility index (Phi) is 4.30. The molecule has 0 atom stereocenters. The molecular weight excluding hydrogens is 300 g/mol. The first kappa shape index (κ1) is 14.4. The lowest BCUT2D eigenvalue weighted by Crippen LogP contribution is -2.13. The number of hydrogen-bond donors (Lipinski definition) is 2. The fraction of sp³-hybridized carbons (Fsp3) is 0.182. The molecule has 0 saturated carbocycles. The summed E-state index contributed by atoms with van der Waals surface area (Å²) in [6.45, 7) is 1.76. The molecule has 0 unspecified atom stereocenters. The molecule has 104 valence electrons. The molecule has 7 nitrogen and oxygen atoms in total. The van der Waals surface area contributed by atoms with Gasteiger partial charge >= 0.3 is 5.97 Å². The normalized spacial score (nSPS) is 10.4. The molecule has 0 aliphatic carbocycles. The molecule has 3 N–H and O–H groups in total. The van der Waals surface area contributed by atoms with E-state index in [4.69, 9.17) is 10.8 Å². The number of nitrogens with zero attached hydrogens (tertiary/aromatic N) is 3. The summed E-state index contributed by atoms with van der Waals surface area (Å²) in [6, 6.07) is 3.10. The summed E-state index contributed by atoms with van der Waals surface area (Å²) in [7, 11) is 0. The number of thiazole rings is 1. The first-order valence-corrected chi connectivity index (χ1v) is 7.08. The van der Waals surface area contributed by atoms with Crippen molar-refractivity contribution < 1.29 is 14.7 Å². The van der Waals surface area contributed by atoms with E-state index in [1.54, 1.807) is 13.0 Å². The highest BCUT2D eigenvalue weighted by molar-refractivity contribution is 8.01. The summed E-state index contributed by atoms with van der Waals surface area (Å²) >= 11 is 2.56. The second-order valence-corrected chi connectivity index (χ2v) is 6.13. The van der Waals surface area contributed by atoms with Crippen molar-refractivity contribution in [1.29, 1.82) is 0 Å². The van der Waals surface area contributed by atoms with Crippen LogP contribution in [0.5, 0.6) is 0 Å². The van der Waals surface area contributed by atoms with E-state index in [2.05, 4.69) is 15.2 Å². The van der Waals surface area contributed by atoms with Gasteiger partial charge in [0.05, 0.1) is 12.1 Å². The van der Waals surface area contributed by atoms with Gasteiger partial charge in [-0.1, -0.05) is 0 Å². The molecule has 0 bridgehead atoms. The van der Waals surface area contributed by atoms with Gasteiger partial charge in [-0.15, -0.1) is 21.5 Å². The van der Waals surface area contributed by atoms with Crippen molar-refractivity contribution in [2.45, 2.75) is 22.7 Å². The van der Waals surface area contributed by atoms with Crippen LogP contribution in [-0.4, -0.2) is 32.2 Å². The summed E-state index contributed by atoms with van der Waals surface area (Å²) in [5, 5.41) is 16.9. The minimum atomic E-state index is -0.890. The number of nitrogens with two attached hydrogens (primary N) is 1. The average molecular weight is 310 g/mol. The molecule has 0 aliphatic rings. The van der Waals surface area contributed by atoms with Crippen molar-refractivity contribution in [3.8, 4) is 0 Å². The van der Waals surface area contributed by atoms with Crippen molar-refractivity contribution in [2.75, 3.05) is 0 Å². The van der Waals surface area contributed by atoms with Gasteiger partial charge in [0.1, 0.15) is 5.03 Å². The summed E-state index contributed by atoms with van der Waals surface area (Å²) in [4.78, 5) is 26.5. The van der Waals surface area contributed by atoms with Crippen molar-refractivity contribution in [3.05, 3.63) is 28.4 Å². The van der Waals surface area contributed by atoms with Crippen LogP contribution in [0.15, 0.2) is 21.5 Å². The topological polar surface area (TPSA) is 119 Å². The van der Waals surface area contributed by atoms with Crippen molar-refractivity contribution in [1.82, 2.24) is 15.2 Å². The van der Waals surface area contributed by atoms with Crippen LogP contribution in [0.4, 0.5) is 0 Å². The van der Waals surface area contributed by atoms with Gasteiger partial charge in [-0.25, -0.2) is 4.98 Å². The highest BCUT2D eigenvalue weighted by atomic mass is 32.2. The molecule has 0 spiro atoms. The van der Waals surface area contributed by atoms with Gasteiger partial charge in [-0.2, -0.15) is 0 Å². The lowest BCUT2D eigenvalue weighted by Gasteiger charge is -1.96. The fourth-order valence-electron chi connectivity index (χ4n) is 1.34. The van der Waals surface area contributed by atoms with E-state index in [0.29, 0.717) is 19.9 Å². The van der Waals surface area contributed by atoms with E-state index < -0.39 is 11.9 Å². The maximum atomic E-state index is 10.9. The smallest absolute Gasteiger partial charge is 0.308 e. The van der Waals surface area contributed by atoms with Crippen LogP contribution in [0.1, 0.15) is 21.1 Å². The van der Waals surface area contributed by atoms with Gasteiger partial charge in [0.15, 0.2) is 10.0 Å². The summed E-state index contributed by atoms with van der Waals surface area (Å²) in [5.74, 6) is -1.53. The van der Waals surface area contributed by atoms with E-state index in [1.165, 1.54) is 29.2 Å². The third-order valence-corrected chi connectivity index (χ3v) is 4.41. The molecular formula is C11H10N4O3S2. The fourth-order valence-corrected chi connectivity index (χ4v) is 3.43. The Morgan fingerprint density at radius 3 is 2.70 bits per heavy atom. The molecule has 20 heavy (non-hydrogen) atoms. The number of aliphatic carboxylic acids is 1. The number of aryl methyl sites for hydroxylation is 1. The quantitative estimate of drug-likeness (QED) is 0.849. The third kappa shape index (κ3) is 3.52. The Balaban J connectivity index is 2.13. The van der Waals surface area contributed by atoms with E-state index in [-0.39, 0.29) is 12.1 Å². The van der Waals surface area contributed by atoms with Crippen molar-refractivity contribution in [3.63, 3.8) is 0 Å². The number of aromatic nitrogens is 3. The van der Waals surface area contributed by atoms with E-state index in [0.717, 1.165) is 0 Å². The molecule has 2 heterocycles. The summed E-state index contributed by atoms with van der Waals surface area (Å²) in [6.07, 6.45) is -0.0453. The van der Waals surface area contributed by atoms with Gasteiger partial charge in [-0.05, 0) is 30.8 Å². The average Bonchev–Trinajstić information content (AvgIpc) is 2.69. The first-order valence-electron chi connectivity index (χ1n) is 5.45. The monoisotopic (exact) mass is 310 g/mol. The maximum absolute atomic E-state index is 10.9. The van der Waals surface area contributed by atoms with Gasteiger partial charge in [-0.3, -0.25) is 9.59 Å². The number of carboxylic acid groups (broad SMARTS) is 1. The van der Waals surface area contributed by atoms with Gasteiger partial charge < -0.3 is 10.8 Å². The van der Waals surface area contributed by atoms with Crippen LogP contribution in [0.2, 0.25) is 0 Å². The lowest BCUT2D eigenvalue weighted by molar-refractivity contribution is -0.136. The highest BCUT2D eigenvalue weighted by Crippen LogP contribution is 2.31. The van der Waals surface area contributed by atoms with Crippen LogP contribution in [0.25, 0.3) is 0 Å². The summed E-state index contributed by atoms with van der Waals surface area (Å²) in [5.41, 5.74) is 5.86. The molecule has 1 amide bonds. The predicted molar refractivity (Wildman–Crippen MR) is 72.9 cm³/mol. The third-order valence-electron chi connectivity index (χ3n) is 2.27. The maximum Gasteiger partial charge on any atom is 0.308 e. The van der Waals surface area contributed by atoms with E-state index >= 15 is 0 Å². The largest absolute Gasteiger partial charge is 0.481 e. The second-order valence-electron chi connectivity index (χ2n) is 3.78. The second kappa shape index (κ2) is 5.97. The SMILES string of the molecule is Cc1nc(Sc2ccc(C(N)=O)nn2)sc1CC(=O)O. The van der Waals surface area contributed by atoms with Crippen LogP contribution in [0.3, 0.4) is 0 Å². The lowest BCUT2D eigenvalue weighted by atomic mass is 10.3. The Morgan fingerprint density at radius 1 is 1.40 bits per heavy atom.